The first-order valence-electron chi connectivity index (χ1n) is 5.75. The van der Waals surface area contributed by atoms with Gasteiger partial charge in [-0.2, -0.15) is 17.9 Å². The lowest BCUT2D eigenvalue weighted by Gasteiger charge is -2.09. The summed E-state index contributed by atoms with van der Waals surface area (Å²) in [4.78, 5) is 11.5. The number of esters is 1. The van der Waals surface area contributed by atoms with Gasteiger partial charge in [0.15, 0.2) is 0 Å². The molecule has 2 aromatic rings. The van der Waals surface area contributed by atoms with Gasteiger partial charge in [0.1, 0.15) is 0 Å². The first-order chi connectivity index (χ1) is 9.34. The van der Waals surface area contributed by atoms with Crippen LogP contribution in [-0.4, -0.2) is 12.6 Å². The van der Waals surface area contributed by atoms with Crippen LogP contribution in [0.1, 0.15) is 23.0 Å². The van der Waals surface area contributed by atoms with Crippen molar-refractivity contribution in [2.75, 3.05) is 6.61 Å². The van der Waals surface area contributed by atoms with Gasteiger partial charge in [-0.15, -0.1) is 0 Å². The molecule has 0 unspecified atom stereocenters. The van der Waals surface area contributed by atoms with Crippen molar-refractivity contribution < 1.29 is 27.4 Å². The summed E-state index contributed by atoms with van der Waals surface area (Å²) >= 11 is 0. The van der Waals surface area contributed by atoms with E-state index in [1.165, 1.54) is 18.2 Å². The minimum Gasteiger partial charge on any atom is -0.618 e. The second kappa shape index (κ2) is 4.99. The molecule has 20 heavy (non-hydrogen) atoms. The third-order valence-electron chi connectivity index (χ3n) is 2.70. The highest BCUT2D eigenvalue weighted by atomic mass is 19.4. The number of fused-ring (bicyclic) bond motifs is 1. The third kappa shape index (κ3) is 2.52. The predicted molar refractivity (Wildman–Crippen MR) is 63.9 cm³/mol. The molecule has 0 aliphatic rings. The Hall–Kier alpha value is -2.31. The van der Waals surface area contributed by atoms with Crippen LogP contribution >= 0.6 is 0 Å². The van der Waals surface area contributed by atoms with E-state index in [1.807, 2.05) is 0 Å². The number of carbonyl (C=O) groups excluding carboxylic acids is 1. The van der Waals surface area contributed by atoms with Gasteiger partial charge in [0.2, 0.25) is 5.52 Å². The Balaban J connectivity index is 2.61. The number of nitrogens with zero attached hydrogens (tertiary/aromatic N) is 1. The Kier molecular flexibility index (Phi) is 3.52. The molecule has 2 rings (SSSR count). The topological polar surface area (TPSA) is 53.2 Å². The molecule has 0 fully saturated rings. The van der Waals surface area contributed by atoms with Crippen molar-refractivity contribution in [2.45, 2.75) is 13.1 Å². The van der Waals surface area contributed by atoms with Gasteiger partial charge < -0.3 is 9.94 Å². The summed E-state index contributed by atoms with van der Waals surface area (Å²) in [5.41, 5.74) is -1.53. The SMILES string of the molecule is CCOC(=O)c1ccc2ccc(C(F)(F)F)cc2[n+]1[O-]. The van der Waals surface area contributed by atoms with E-state index < -0.39 is 17.7 Å². The number of pyridine rings is 1. The molecule has 0 spiro atoms. The molecule has 0 saturated carbocycles. The Morgan fingerprint density at radius 2 is 1.95 bits per heavy atom. The lowest BCUT2D eigenvalue weighted by molar-refractivity contribution is -0.580. The average molecular weight is 285 g/mol. The minimum atomic E-state index is -4.55. The molecule has 1 heterocycles. The summed E-state index contributed by atoms with van der Waals surface area (Å²) in [5, 5.41) is 12.3. The molecular formula is C13H10F3NO3. The number of benzene rings is 1. The smallest absolute Gasteiger partial charge is 0.416 e. The highest BCUT2D eigenvalue weighted by Crippen LogP contribution is 2.30. The Labute approximate surface area is 112 Å². The molecule has 0 atom stereocenters. The van der Waals surface area contributed by atoms with E-state index in [0.29, 0.717) is 11.5 Å². The number of carbonyl (C=O) groups is 1. The molecule has 1 aromatic heterocycles. The summed E-state index contributed by atoms with van der Waals surface area (Å²) in [6.45, 7) is 1.63. The zero-order valence-electron chi connectivity index (χ0n) is 10.4. The maximum atomic E-state index is 12.6. The summed E-state index contributed by atoms with van der Waals surface area (Å²) in [7, 11) is 0. The zero-order valence-corrected chi connectivity index (χ0v) is 10.4. The fourth-order valence-corrected chi connectivity index (χ4v) is 1.76. The van der Waals surface area contributed by atoms with Crippen molar-refractivity contribution >= 4 is 16.9 Å². The van der Waals surface area contributed by atoms with Gasteiger partial charge in [0.05, 0.1) is 12.2 Å². The molecule has 1 aromatic carbocycles. The van der Waals surface area contributed by atoms with Crippen molar-refractivity contribution in [2.24, 2.45) is 0 Å². The average Bonchev–Trinajstić information content (AvgIpc) is 2.38. The number of hydrogen-bond donors (Lipinski definition) is 0. The standard InChI is InChI=1S/C13H10F3NO3/c1-2-20-12(18)10-6-4-8-3-5-9(13(14,15)16)7-11(8)17(10)19/h3-7H,2H2,1H3. The van der Waals surface area contributed by atoms with Crippen molar-refractivity contribution in [1.82, 2.24) is 0 Å². The first kappa shape index (κ1) is 14.1. The lowest BCUT2D eigenvalue weighted by atomic mass is 10.1. The monoisotopic (exact) mass is 285 g/mol. The van der Waals surface area contributed by atoms with E-state index in [9.17, 15) is 23.2 Å². The number of halogens is 3. The number of hydrogen-bond acceptors (Lipinski definition) is 3. The first-order valence-corrected chi connectivity index (χ1v) is 5.75. The van der Waals surface area contributed by atoms with Gasteiger partial charge in [-0.05, 0) is 25.1 Å². The molecule has 0 bridgehead atoms. The van der Waals surface area contributed by atoms with E-state index in [1.54, 1.807) is 6.92 Å². The van der Waals surface area contributed by atoms with Gasteiger partial charge in [-0.1, -0.05) is 0 Å². The molecule has 106 valence electrons. The van der Waals surface area contributed by atoms with Crippen LogP contribution in [0.25, 0.3) is 10.9 Å². The fourth-order valence-electron chi connectivity index (χ4n) is 1.76. The van der Waals surface area contributed by atoms with Crippen LogP contribution in [0.5, 0.6) is 0 Å². The molecule has 0 aliphatic carbocycles. The summed E-state index contributed by atoms with van der Waals surface area (Å²) in [6.07, 6.45) is -4.55. The number of alkyl halides is 3. The van der Waals surface area contributed by atoms with Gasteiger partial charge in [-0.3, -0.25) is 0 Å². The lowest BCUT2D eigenvalue weighted by Crippen LogP contribution is -2.36. The molecule has 7 heteroatoms. The van der Waals surface area contributed by atoms with Crippen molar-refractivity contribution in [3.8, 4) is 0 Å². The van der Waals surface area contributed by atoms with Crippen molar-refractivity contribution in [3.63, 3.8) is 0 Å². The van der Waals surface area contributed by atoms with Gasteiger partial charge in [0, 0.05) is 17.5 Å². The Bertz CT molecular complexity index is 668. The Morgan fingerprint density at radius 3 is 2.55 bits per heavy atom. The molecule has 0 amide bonds. The minimum absolute atomic E-state index is 0.0689. The second-order valence-electron chi connectivity index (χ2n) is 4.00. The van der Waals surface area contributed by atoms with Crippen molar-refractivity contribution in [3.05, 3.63) is 46.8 Å². The van der Waals surface area contributed by atoms with Crippen LogP contribution in [-0.2, 0) is 10.9 Å². The fraction of sp³-hybridized carbons (Fsp3) is 0.231. The van der Waals surface area contributed by atoms with Gasteiger partial charge >= 0.3 is 17.8 Å². The summed E-state index contributed by atoms with van der Waals surface area (Å²) in [5.74, 6) is -0.873. The summed E-state index contributed by atoms with van der Waals surface area (Å²) in [6, 6.07) is 5.40. The molecule has 0 radical (unpaired) electrons. The number of ether oxygens (including phenoxy) is 1. The number of aromatic nitrogens is 1. The second-order valence-corrected chi connectivity index (χ2v) is 4.00. The van der Waals surface area contributed by atoms with E-state index >= 15 is 0 Å². The molecule has 0 aliphatic heterocycles. The molecule has 0 N–H and O–H groups in total. The van der Waals surface area contributed by atoms with E-state index in [4.69, 9.17) is 0 Å². The van der Waals surface area contributed by atoms with Crippen LogP contribution in [0.3, 0.4) is 0 Å². The highest BCUT2D eigenvalue weighted by molar-refractivity contribution is 5.88. The molecule has 0 saturated heterocycles. The largest absolute Gasteiger partial charge is 0.618 e. The maximum absolute atomic E-state index is 12.6. The van der Waals surface area contributed by atoms with Crippen LogP contribution in [0.4, 0.5) is 13.2 Å². The Morgan fingerprint density at radius 1 is 1.30 bits per heavy atom. The van der Waals surface area contributed by atoms with Crippen LogP contribution in [0.15, 0.2) is 30.3 Å². The molecule has 4 nitrogen and oxygen atoms in total. The quantitative estimate of drug-likeness (QED) is 0.484. The normalized spacial score (nSPS) is 11.6. The van der Waals surface area contributed by atoms with Crippen LogP contribution in [0, 0.1) is 5.21 Å². The molecular weight excluding hydrogens is 275 g/mol. The van der Waals surface area contributed by atoms with Crippen LogP contribution < -0.4 is 4.73 Å². The van der Waals surface area contributed by atoms with Crippen LogP contribution in [0.2, 0.25) is 0 Å². The number of rotatable bonds is 2. The third-order valence-corrected chi connectivity index (χ3v) is 2.70. The van der Waals surface area contributed by atoms with Gasteiger partial charge in [-0.25, -0.2) is 4.79 Å². The zero-order chi connectivity index (χ0) is 14.9. The predicted octanol–water partition coefficient (Wildman–Crippen LogP) is 2.67. The van der Waals surface area contributed by atoms with E-state index in [-0.39, 0.29) is 22.5 Å². The van der Waals surface area contributed by atoms with E-state index in [0.717, 1.165) is 6.07 Å². The maximum Gasteiger partial charge on any atom is 0.416 e. The summed E-state index contributed by atoms with van der Waals surface area (Å²) < 4.78 is 42.7. The van der Waals surface area contributed by atoms with Gasteiger partial charge in [0.25, 0.3) is 0 Å². The highest BCUT2D eigenvalue weighted by Gasteiger charge is 2.32. The van der Waals surface area contributed by atoms with Crippen molar-refractivity contribution in [1.29, 1.82) is 0 Å². The van der Waals surface area contributed by atoms with E-state index in [2.05, 4.69) is 4.74 Å².